The van der Waals surface area contributed by atoms with Gasteiger partial charge in [0.1, 0.15) is 11.6 Å². The summed E-state index contributed by atoms with van der Waals surface area (Å²) >= 11 is 6.00. The highest BCUT2D eigenvalue weighted by atomic mass is 35.5. The minimum atomic E-state index is -1.31. The van der Waals surface area contributed by atoms with Crippen LogP contribution in [0.4, 0.5) is 10.1 Å². The number of rotatable bonds is 8. The number of nitrogens with zero attached hydrogens (tertiary/aromatic N) is 4. The smallest absolute Gasteiger partial charge is 0.278 e. The average Bonchev–Trinajstić information content (AvgIpc) is 3.78. The van der Waals surface area contributed by atoms with E-state index in [2.05, 4.69) is 31.1 Å². The molecule has 5 heterocycles. The van der Waals surface area contributed by atoms with Crippen molar-refractivity contribution in [1.82, 2.24) is 24.6 Å². The number of ether oxygens (including phenoxy) is 3. The molecule has 1 saturated heterocycles. The topological polar surface area (TPSA) is 107 Å². The molecule has 12 heteroatoms. The Morgan fingerprint density at radius 3 is 2.79 bits per heavy atom. The summed E-state index contributed by atoms with van der Waals surface area (Å²) in [7, 11) is 0. The Labute approximate surface area is 304 Å². The molecule has 0 spiro atoms. The molecule has 0 radical (unpaired) electrons. The van der Waals surface area contributed by atoms with Crippen molar-refractivity contribution in [3.05, 3.63) is 118 Å². The van der Waals surface area contributed by atoms with Gasteiger partial charge in [0.15, 0.2) is 11.5 Å². The number of aromatic amines is 1. The molecule has 10 nitrogen and oxygen atoms in total. The van der Waals surface area contributed by atoms with E-state index < -0.39 is 11.6 Å². The number of fused-ring (bicyclic) bond motifs is 3. The van der Waals surface area contributed by atoms with Crippen LogP contribution in [-0.2, 0) is 23.6 Å². The van der Waals surface area contributed by atoms with Gasteiger partial charge in [-0.1, -0.05) is 29.8 Å². The van der Waals surface area contributed by atoms with Gasteiger partial charge in [0.25, 0.3) is 11.7 Å². The van der Waals surface area contributed by atoms with Crippen molar-refractivity contribution < 1.29 is 23.4 Å². The van der Waals surface area contributed by atoms with Crippen molar-refractivity contribution in [2.75, 3.05) is 25.0 Å². The van der Waals surface area contributed by atoms with Crippen molar-refractivity contribution >= 4 is 50.7 Å². The molecule has 3 aliphatic rings. The van der Waals surface area contributed by atoms with Gasteiger partial charge in [-0.05, 0) is 86.0 Å². The molecule has 1 amide bonds. The van der Waals surface area contributed by atoms with E-state index in [0.29, 0.717) is 47.4 Å². The number of imidazole rings is 1. The lowest BCUT2D eigenvalue weighted by Crippen LogP contribution is -2.33. The molecule has 0 bridgehead atoms. The van der Waals surface area contributed by atoms with Gasteiger partial charge < -0.3 is 24.1 Å². The van der Waals surface area contributed by atoms with E-state index in [-0.39, 0.29) is 17.6 Å². The predicted octanol–water partition coefficient (Wildman–Crippen LogP) is 7.99. The van der Waals surface area contributed by atoms with E-state index in [1.807, 2.05) is 61.5 Å². The Balaban J connectivity index is 0.938. The highest BCUT2D eigenvalue weighted by molar-refractivity contribution is 6.30. The molecule has 264 valence electrons. The summed E-state index contributed by atoms with van der Waals surface area (Å²) in [5, 5.41) is 11.6. The van der Waals surface area contributed by atoms with E-state index in [4.69, 9.17) is 30.8 Å². The highest BCUT2D eigenvalue weighted by Crippen LogP contribution is 2.49. The zero-order valence-electron chi connectivity index (χ0n) is 28.7. The first kappa shape index (κ1) is 32.7. The number of halogens is 2. The molecule has 1 unspecified atom stereocenters. The minimum Gasteiger partial charge on any atom is -0.444 e. The quantitative estimate of drug-likeness (QED) is 0.164. The second-order valence-electron chi connectivity index (χ2n) is 13.8. The second-order valence-corrected chi connectivity index (χ2v) is 14.2. The zero-order chi connectivity index (χ0) is 35.6. The van der Waals surface area contributed by atoms with Crippen LogP contribution in [0.2, 0.25) is 5.02 Å². The molecular formula is C40H36ClFN6O4. The van der Waals surface area contributed by atoms with E-state index in [0.717, 1.165) is 70.6 Å². The van der Waals surface area contributed by atoms with Crippen molar-refractivity contribution in [3.8, 4) is 11.5 Å². The third-order valence-corrected chi connectivity index (χ3v) is 10.5. The number of aromatic nitrogens is 4. The van der Waals surface area contributed by atoms with Crippen LogP contribution < -0.4 is 14.8 Å². The molecular weight excluding hydrogens is 683 g/mol. The molecule has 0 aliphatic carbocycles. The van der Waals surface area contributed by atoms with Gasteiger partial charge >= 0.3 is 0 Å². The standard InChI is InChI=1S/C40H36ClFN6O4/c1-23-30-20-27(8-10-33(30)46-45-23)43-39(49)25-6-11-35-34(18-25)44-37(48(35)21-28-14-17-50-28)22-47-15-12-24(13-16-47)29-4-3-5-36-38(29)52-40(2,51-36)31-9-7-26(41)19-32(31)42/h3-12,18-20,28H,13-17,21-22H2,1-2H3,(H,43,49)(H,45,46)/t28-,40?/m0/s1. The number of benzene rings is 4. The SMILES string of the molecule is Cc1n[nH]c2ccc(NC(=O)c3ccc4c(c3)nc(CN3CC=C(c5cccc6c5OC(C)(c5ccc(Cl)cc5F)O6)CC3)n4C[C@@H]3CCO3)cc12. The number of hydrogen-bond acceptors (Lipinski definition) is 7. The number of carbonyl (C=O) groups excluding carboxylic acids is 1. The molecule has 52 heavy (non-hydrogen) atoms. The van der Waals surface area contributed by atoms with Crippen molar-refractivity contribution in [1.29, 1.82) is 0 Å². The summed E-state index contributed by atoms with van der Waals surface area (Å²) in [6.45, 7) is 7.28. The maximum Gasteiger partial charge on any atom is 0.278 e. The monoisotopic (exact) mass is 718 g/mol. The third kappa shape index (κ3) is 5.88. The van der Waals surface area contributed by atoms with E-state index in [1.54, 1.807) is 19.1 Å². The molecule has 3 aliphatic heterocycles. The Bertz CT molecular complexity index is 2420. The number of hydrogen-bond donors (Lipinski definition) is 2. The van der Waals surface area contributed by atoms with Gasteiger partial charge in [0.2, 0.25) is 0 Å². The summed E-state index contributed by atoms with van der Waals surface area (Å²) in [6, 6.07) is 21.7. The Kier molecular flexibility index (Phi) is 8.02. The zero-order valence-corrected chi connectivity index (χ0v) is 29.5. The van der Waals surface area contributed by atoms with E-state index in [9.17, 15) is 9.18 Å². The van der Waals surface area contributed by atoms with Gasteiger partial charge in [-0.2, -0.15) is 5.10 Å². The second kappa shape index (κ2) is 12.8. The molecule has 9 rings (SSSR count). The van der Waals surface area contributed by atoms with Gasteiger partial charge in [-0.25, -0.2) is 9.37 Å². The van der Waals surface area contributed by atoms with Crippen LogP contribution in [0.15, 0.2) is 78.9 Å². The number of nitrogens with one attached hydrogen (secondary N) is 2. The average molecular weight is 719 g/mol. The lowest BCUT2D eigenvalue weighted by molar-refractivity contribution is -0.0708. The van der Waals surface area contributed by atoms with Crippen LogP contribution in [0.1, 0.15) is 52.8 Å². The Morgan fingerprint density at radius 2 is 2.00 bits per heavy atom. The first-order chi connectivity index (χ1) is 25.2. The Morgan fingerprint density at radius 1 is 1.12 bits per heavy atom. The molecule has 0 saturated carbocycles. The lowest BCUT2D eigenvalue weighted by atomic mass is 9.98. The van der Waals surface area contributed by atoms with Crippen molar-refractivity contribution in [2.45, 2.75) is 51.7 Å². The number of amides is 1. The van der Waals surface area contributed by atoms with Crippen LogP contribution in [0.5, 0.6) is 11.5 Å². The highest BCUT2D eigenvalue weighted by Gasteiger charge is 2.42. The van der Waals surface area contributed by atoms with Gasteiger partial charge in [-0.15, -0.1) is 0 Å². The molecule has 1 fully saturated rings. The van der Waals surface area contributed by atoms with E-state index >= 15 is 0 Å². The first-order valence-corrected chi connectivity index (χ1v) is 17.8. The maximum absolute atomic E-state index is 14.9. The first-order valence-electron chi connectivity index (χ1n) is 17.5. The van der Waals surface area contributed by atoms with Crippen molar-refractivity contribution in [2.24, 2.45) is 0 Å². The molecule has 2 aromatic heterocycles. The van der Waals surface area contributed by atoms with Gasteiger partial charge in [-0.3, -0.25) is 14.8 Å². The molecule has 4 aromatic carbocycles. The summed E-state index contributed by atoms with van der Waals surface area (Å²) in [5.41, 5.74) is 7.16. The Hall–Kier alpha value is -5.23. The molecule has 2 atom stereocenters. The van der Waals surface area contributed by atoms with Crippen LogP contribution in [0.25, 0.3) is 27.5 Å². The van der Waals surface area contributed by atoms with Crippen LogP contribution in [0, 0.1) is 12.7 Å². The minimum absolute atomic E-state index is 0.141. The summed E-state index contributed by atoms with van der Waals surface area (Å²) in [6.07, 6.45) is 4.15. The molecule has 2 N–H and O–H groups in total. The van der Waals surface area contributed by atoms with Crippen LogP contribution in [-0.4, -0.2) is 56.4 Å². The lowest BCUT2D eigenvalue weighted by Gasteiger charge is -2.29. The van der Waals surface area contributed by atoms with Crippen LogP contribution in [0.3, 0.4) is 0 Å². The number of anilines is 1. The van der Waals surface area contributed by atoms with Gasteiger partial charge in [0.05, 0.1) is 47.0 Å². The fourth-order valence-electron chi connectivity index (χ4n) is 7.35. The number of carbonyl (C=O) groups is 1. The largest absolute Gasteiger partial charge is 0.444 e. The number of H-pyrrole nitrogens is 1. The number of aryl methyl sites for hydroxylation is 1. The third-order valence-electron chi connectivity index (χ3n) is 10.3. The van der Waals surface area contributed by atoms with Gasteiger partial charge in [0, 0.05) is 53.8 Å². The maximum atomic E-state index is 14.9. The van der Waals surface area contributed by atoms with Crippen molar-refractivity contribution in [3.63, 3.8) is 0 Å². The fraction of sp³-hybridized carbons (Fsp3) is 0.275. The van der Waals surface area contributed by atoms with Crippen LogP contribution >= 0.6 is 11.6 Å². The summed E-state index contributed by atoms with van der Waals surface area (Å²) in [5.74, 6) is 0.120. The molecule has 6 aromatic rings. The normalized spacial score (nSPS) is 19.9. The van der Waals surface area contributed by atoms with E-state index in [1.165, 1.54) is 6.07 Å². The summed E-state index contributed by atoms with van der Waals surface area (Å²) in [4.78, 5) is 20.8. The summed E-state index contributed by atoms with van der Waals surface area (Å²) < 4.78 is 35.6. The fourth-order valence-corrected chi connectivity index (χ4v) is 7.51. The number of para-hydroxylation sites is 1. The predicted molar refractivity (Wildman–Crippen MR) is 197 cm³/mol.